The number of carbonyl (C=O) groups is 2. The van der Waals surface area contributed by atoms with E-state index in [1.165, 1.54) is 37.1 Å². The maximum Gasteiger partial charge on any atom is 0.308 e. The van der Waals surface area contributed by atoms with Gasteiger partial charge in [0.1, 0.15) is 11.9 Å². The second-order valence-corrected chi connectivity index (χ2v) is 8.20. The van der Waals surface area contributed by atoms with Crippen LogP contribution in [0.15, 0.2) is 24.3 Å². The average Bonchev–Trinajstić information content (AvgIpc) is 2.59. The number of rotatable bonds is 5. The summed E-state index contributed by atoms with van der Waals surface area (Å²) in [5.41, 5.74) is 0.0952. The summed E-state index contributed by atoms with van der Waals surface area (Å²) in [5, 5.41) is 0. The van der Waals surface area contributed by atoms with E-state index in [9.17, 15) is 22.4 Å². The van der Waals surface area contributed by atoms with Gasteiger partial charge in [0.25, 0.3) is 0 Å². The molecule has 1 aliphatic rings. The highest BCUT2D eigenvalue weighted by atomic mass is 32.2. The minimum atomic E-state index is -3.80. The molecule has 1 aromatic carbocycles. The molecule has 1 amide bonds. The van der Waals surface area contributed by atoms with Crippen LogP contribution >= 0.6 is 0 Å². The molecular formula is C17H23FN2O5S. The lowest BCUT2D eigenvalue weighted by molar-refractivity contribution is -0.149. The summed E-state index contributed by atoms with van der Waals surface area (Å²) in [6.07, 6.45) is 1.90. The number of hydrogen-bond acceptors (Lipinski definition) is 5. The van der Waals surface area contributed by atoms with Crippen LogP contribution in [-0.2, 0) is 24.3 Å². The van der Waals surface area contributed by atoms with E-state index in [2.05, 4.69) is 0 Å². The maximum atomic E-state index is 13.5. The molecular weight excluding hydrogens is 363 g/mol. The highest BCUT2D eigenvalue weighted by Gasteiger charge is 2.35. The van der Waals surface area contributed by atoms with Crippen molar-refractivity contribution >= 4 is 27.6 Å². The van der Waals surface area contributed by atoms with Crippen molar-refractivity contribution in [2.75, 3.05) is 30.8 Å². The summed E-state index contributed by atoms with van der Waals surface area (Å²) in [7, 11) is -2.48. The van der Waals surface area contributed by atoms with E-state index in [1.807, 2.05) is 0 Å². The number of ether oxygens (including phenoxy) is 1. The highest BCUT2D eigenvalue weighted by Crippen LogP contribution is 2.24. The van der Waals surface area contributed by atoms with Gasteiger partial charge in [0.05, 0.1) is 25.0 Å². The lowest BCUT2D eigenvalue weighted by Crippen LogP contribution is -2.51. The van der Waals surface area contributed by atoms with Gasteiger partial charge < -0.3 is 9.64 Å². The fourth-order valence-electron chi connectivity index (χ4n) is 3.18. The number of halogens is 1. The van der Waals surface area contributed by atoms with Gasteiger partial charge in [-0.25, -0.2) is 12.8 Å². The lowest BCUT2D eigenvalue weighted by atomic mass is 9.96. The third kappa shape index (κ3) is 4.51. The van der Waals surface area contributed by atoms with Crippen molar-refractivity contribution in [1.82, 2.24) is 4.90 Å². The van der Waals surface area contributed by atoms with E-state index in [0.717, 1.165) is 16.6 Å². The van der Waals surface area contributed by atoms with Crippen LogP contribution in [0.1, 0.15) is 19.8 Å². The fraction of sp³-hybridized carbons (Fsp3) is 0.529. The number of piperidine rings is 1. The second kappa shape index (κ2) is 8.03. The summed E-state index contributed by atoms with van der Waals surface area (Å²) in [6, 6.07) is 4.09. The zero-order valence-electron chi connectivity index (χ0n) is 15.0. The summed E-state index contributed by atoms with van der Waals surface area (Å²) < 4.78 is 43.6. The molecule has 0 bridgehead atoms. The zero-order valence-corrected chi connectivity index (χ0v) is 15.8. The van der Waals surface area contributed by atoms with Crippen LogP contribution in [0.2, 0.25) is 0 Å². The van der Waals surface area contributed by atoms with Crippen LogP contribution in [0.5, 0.6) is 0 Å². The quantitative estimate of drug-likeness (QED) is 0.714. The molecule has 26 heavy (non-hydrogen) atoms. The third-order valence-corrected chi connectivity index (χ3v) is 5.71. The van der Waals surface area contributed by atoms with Gasteiger partial charge in [-0.05, 0) is 38.0 Å². The second-order valence-electron chi connectivity index (χ2n) is 6.34. The van der Waals surface area contributed by atoms with Crippen molar-refractivity contribution in [2.24, 2.45) is 5.92 Å². The molecule has 1 saturated heterocycles. The van der Waals surface area contributed by atoms with Gasteiger partial charge in [-0.2, -0.15) is 0 Å². The number of methoxy groups -OCH3 is 1. The van der Waals surface area contributed by atoms with Gasteiger partial charge >= 0.3 is 5.97 Å². The van der Waals surface area contributed by atoms with Gasteiger partial charge in [-0.3, -0.25) is 13.9 Å². The summed E-state index contributed by atoms with van der Waals surface area (Å²) in [6.45, 7) is 2.15. The molecule has 1 aliphatic heterocycles. The number of nitrogens with zero attached hydrogens (tertiary/aromatic N) is 2. The highest BCUT2D eigenvalue weighted by molar-refractivity contribution is 7.92. The van der Waals surface area contributed by atoms with Crippen molar-refractivity contribution in [3.63, 3.8) is 0 Å². The molecule has 1 heterocycles. The van der Waals surface area contributed by atoms with Crippen molar-refractivity contribution < 1.29 is 27.1 Å². The number of hydrogen-bond donors (Lipinski definition) is 0. The molecule has 0 radical (unpaired) electrons. The van der Waals surface area contributed by atoms with Crippen LogP contribution in [-0.4, -0.2) is 57.7 Å². The lowest BCUT2D eigenvalue weighted by Gasteiger charge is -2.36. The minimum Gasteiger partial charge on any atom is -0.469 e. The number of sulfonamides is 1. The Hall–Kier alpha value is -2.16. The van der Waals surface area contributed by atoms with Gasteiger partial charge in [0.2, 0.25) is 15.9 Å². The molecule has 0 spiro atoms. The van der Waals surface area contributed by atoms with Gasteiger partial charge in [-0.1, -0.05) is 6.07 Å². The number of anilines is 1. The van der Waals surface area contributed by atoms with Crippen molar-refractivity contribution in [3.05, 3.63) is 30.1 Å². The number of benzene rings is 1. The van der Waals surface area contributed by atoms with E-state index in [1.54, 1.807) is 0 Å². The van der Waals surface area contributed by atoms with Crippen LogP contribution in [0.25, 0.3) is 0 Å². The van der Waals surface area contributed by atoms with E-state index >= 15 is 0 Å². The zero-order chi connectivity index (χ0) is 19.5. The number of esters is 1. The van der Waals surface area contributed by atoms with Crippen LogP contribution in [0, 0.1) is 11.7 Å². The Morgan fingerprint density at radius 1 is 1.31 bits per heavy atom. The van der Waals surface area contributed by atoms with Crippen molar-refractivity contribution in [3.8, 4) is 0 Å². The SMILES string of the molecule is COC(=O)C1CCN(C(=O)[C@@H](C)N(c2cccc(F)c2)S(C)(=O)=O)CC1. The first-order valence-electron chi connectivity index (χ1n) is 8.26. The van der Waals surface area contributed by atoms with Crippen molar-refractivity contribution in [2.45, 2.75) is 25.8 Å². The first-order chi connectivity index (χ1) is 12.1. The molecule has 9 heteroatoms. The van der Waals surface area contributed by atoms with Gasteiger partial charge in [0.15, 0.2) is 0 Å². The van der Waals surface area contributed by atoms with Gasteiger partial charge in [-0.15, -0.1) is 0 Å². The number of amides is 1. The molecule has 2 rings (SSSR count). The predicted molar refractivity (Wildman–Crippen MR) is 94.5 cm³/mol. The topological polar surface area (TPSA) is 84.0 Å². The molecule has 0 aromatic heterocycles. The molecule has 1 fully saturated rings. The fourth-order valence-corrected chi connectivity index (χ4v) is 4.34. The van der Waals surface area contributed by atoms with E-state index in [4.69, 9.17) is 4.74 Å². The van der Waals surface area contributed by atoms with Crippen LogP contribution < -0.4 is 4.31 Å². The smallest absolute Gasteiger partial charge is 0.308 e. The Morgan fingerprint density at radius 2 is 1.92 bits per heavy atom. The molecule has 0 unspecified atom stereocenters. The Kier molecular flexibility index (Phi) is 6.22. The summed E-state index contributed by atoms with van der Waals surface area (Å²) in [5.74, 6) is -1.53. The Bertz CT molecular complexity index is 775. The van der Waals surface area contributed by atoms with Crippen LogP contribution in [0.4, 0.5) is 10.1 Å². The largest absolute Gasteiger partial charge is 0.469 e. The molecule has 0 aliphatic carbocycles. The molecule has 1 aromatic rings. The number of likely N-dealkylation sites (tertiary alicyclic amines) is 1. The molecule has 144 valence electrons. The van der Waals surface area contributed by atoms with E-state index in [-0.39, 0.29) is 23.5 Å². The monoisotopic (exact) mass is 386 g/mol. The molecule has 0 N–H and O–H groups in total. The Labute approximate surface area is 152 Å². The Balaban J connectivity index is 2.18. The normalized spacial score (nSPS) is 16.8. The summed E-state index contributed by atoms with van der Waals surface area (Å²) in [4.78, 5) is 25.9. The third-order valence-electron chi connectivity index (χ3n) is 4.47. The predicted octanol–water partition coefficient (Wildman–Crippen LogP) is 1.39. The first-order valence-corrected chi connectivity index (χ1v) is 10.1. The minimum absolute atomic E-state index is 0.0952. The first kappa shape index (κ1) is 20.2. The summed E-state index contributed by atoms with van der Waals surface area (Å²) >= 11 is 0. The van der Waals surface area contributed by atoms with Gasteiger partial charge in [0, 0.05) is 13.1 Å². The van der Waals surface area contributed by atoms with E-state index in [0.29, 0.717) is 25.9 Å². The number of carbonyl (C=O) groups excluding carboxylic acids is 2. The molecule has 7 nitrogen and oxygen atoms in total. The van der Waals surface area contributed by atoms with E-state index < -0.39 is 21.9 Å². The van der Waals surface area contributed by atoms with Crippen molar-refractivity contribution in [1.29, 1.82) is 0 Å². The maximum absolute atomic E-state index is 13.5. The van der Waals surface area contributed by atoms with Crippen LogP contribution in [0.3, 0.4) is 0 Å². The average molecular weight is 386 g/mol. The Morgan fingerprint density at radius 3 is 2.42 bits per heavy atom. The molecule has 1 atom stereocenters. The molecule has 0 saturated carbocycles. The standard InChI is InChI=1S/C17H23FN2O5S/c1-12(16(21)19-9-7-13(8-10-19)17(22)25-2)20(26(3,23)24)15-6-4-5-14(18)11-15/h4-6,11-13H,7-10H2,1-3H3/t12-/m1/s1.